The molecule has 0 bridgehead atoms. The molecule has 3 nitrogen and oxygen atoms in total. The number of esters is 1. The highest BCUT2D eigenvalue weighted by atomic mass is 35.5. The minimum absolute atomic E-state index is 0.223. The molecule has 2 aromatic rings. The summed E-state index contributed by atoms with van der Waals surface area (Å²) in [5, 5.41) is 0.700. The van der Waals surface area contributed by atoms with Crippen LogP contribution in [0.4, 0.5) is 0 Å². The third kappa shape index (κ3) is 4.75. The van der Waals surface area contributed by atoms with Gasteiger partial charge in [0.1, 0.15) is 6.61 Å². The van der Waals surface area contributed by atoms with Crippen LogP contribution in [-0.4, -0.2) is 30.5 Å². The minimum atomic E-state index is -0.223. The highest BCUT2D eigenvalue weighted by molar-refractivity contribution is 6.30. The lowest BCUT2D eigenvalue weighted by Crippen LogP contribution is -2.35. The van der Waals surface area contributed by atoms with E-state index < -0.39 is 0 Å². The maximum atomic E-state index is 12.8. The van der Waals surface area contributed by atoms with Crippen molar-refractivity contribution in [2.75, 3.05) is 19.6 Å². The summed E-state index contributed by atoms with van der Waals surface area (Å²) in [6.45, 7) is 5.04. The molecular weight excluding hydrogens is 346 g/mol. The monoisotopic (exact) mass is 369 g/mol. The van der Waals surface area contributed by atoms with Gasteiger partial charge in [-0.1, -0.05) is 61.0 Å². The molecule has 0 N–H and O–H groups in total. The van der Waals surface area contributed by atoms with Crippen LogP contribution in [0, 0.1) is 0 Å². The normalized spacial score (nSPS) is 15.2. The second-order valence-electron chi connectivity index (χ2n) is 6.55. The Labute approximate surface area is 160 Å². The Bertz CT molecular complexity index is 768. The molecule has 0 saturated heterocycles. The fourth-order valence-electron chi connectivity index (χ4n) is 3.29. The van der Waals surface area contributed by atoms with E-state index in [2.05, 4.69) is 11.8 Å². The van der Waals surface area contributed by atoms with E-state index >= 15 is 0 Å². The molecule has 0 radical (unpaired) electrons. The molecule has 0 spiro atoms. The van der Waals surface area contributed by atoms with Crippen molar-refractivity contribution in [2.24, 2.45) is 0 Å². The van der Waals surface area contributed by atoms with Gasteiger partial charge in [0.2, 0.25) is 0 Å². The van der Waals surface area contributed by atoms with E-state index in [-0.39, 0.29) is 5.97 Å². The second kappa shape index (κ2) is 9.02. The Hall–Kier alpha value is -2.10. The molecule has 136 valence electrons. The lowest BCUT2D eigenvalue weighted by atomic mass is 9.93. The zero-order valence-corrected chi connectivity index (χ0v) is 15.8. The van der Waals surface area contributed by atoms with Gasteiger partial charge in [0.15, 0.2) is 0 Å². The number of carbonyl (C=O) groups excluding carboxylic acids is 1. The molecule has 2 aromatic carbocycles. The van der Waals surface area contributed by atoms with Crippen LogP contribution in [0.25, 0.3) is 5.57 Å². The van der Waals surface area contributed by atoms with Gasteiger partial charge < -0.3 is 4.74 Å². The molecule has 4 heteroatoms. The Balaban J connectivity index is 1.82. The van der Waals surface area contributed by atoms with Crippen molar-refractivity contribution in [2.45, 2.75) is 26.4 Å². The number of hydrogen-bond acceptors (Lipinski definition) is 3. The Morgan fingerprint density at radius 1 is 1.12 bits per heavy atom. The van der Waals surface area contributed by atoms with E-state index in [1.54, 1.807) is 0 Å². The molecule has 0 aliphatic carbocycles. The summed E-state index contributed by atoms with van der Waals surface area (Å²) in [6, 6.07) is 17.5. The Kier molecular flexibility index (Phi) is 6.48. The maximum absolute atomic E-state index is 12.8. The molecular formula is C22H24ClNO2. The molecule has 1 aliphatic heterocycles. The quantitative estimate of drug-likeness (QED) is 0.674. The van der Waals surface area contributed by atoms with Crippen molar-refractivity contribution in [1.82, 2.24) is 4.90 Å². The first-order valence-electron chi connectivity index (χ1n) is 9.08. The predicted molar refractivity (Wildman–Crippen MR) is 106 cm³/mol. The van der Waals surface area contributed by atoms with E-state index in [1.165, 1.54) is 0 Å². The first kappa shape index (κ1) is 18.7. The topological polar surface area (TPSA) is 29.5 Å². The Morgan fingerprint density at radius 3 is 2.54 bits per heavy atom. The SMILES string of the molecule is CCCN1CCC(c2ccc(Cl)cc2)=C(C(=O)OCc2ccccc2)C1. The van der Waals surface area contributed by atoms with E-state index in [0.29, 0.717) is 18.2 Å². The van der Waals surface area contributed by atoms with Crippen LogP contribution in [0.2, 0.25) is 5.02 Å². The van der Waals surface area contributed by atoms with Gasteiger partial charge in [-0.25, -0.2) is 4.79 Å². The summed E-state index contributed by atoms with van der Waals surface area (Å²) in [5.41, 5.74) is 3.89. The van der Waals surface area contributed by atoms with Crippen molar-refractivity contribution in [3.63, 3.8) is 0 Å². The average Bonchev–Trinajstić information content (AvgIpc) is 2.68. The average molecular weight is 370 g/mol. The molecule has 0 aromatic heterocycles. The number of rotatable bonds is 6. The summed E-state index contributed by atoms with van der Waals surface area (Å²) in [5.74, 6) is -0.223. The zero-order valence-electron chi connectivity index (χ0n) is 15.1. The molecule has 0 amide bonds. The minimum Gasteiger partial charge on any atom is -0.457 e. The number of carbonyl (C=O) groups is 1. The summed E-state index contributed by atoms with van der Waals surface area (Å²) in [4.78, 5) is 15.2. The van der Waals surface area contributed by atoms with Crippen LogP contribution < -0.4 is 0 Å². The first-order valence-corrected chi connectivity index (χ1v) is 9.46. The van der Waals surface area contributed by atoms with E-state index in [0.717, 1.165) is 48.2 Å². The third-order valence-electron chi connectivity index (χ3n) is 4.62. The molecule has 0 fully saturated rings. The summed E-state index contributed by atoms with van der Waals surface area (Å²) in [6.07, 6.45) is 1.92. The van der Waals surface area contributed by atoms with Gasteiger partial charge in [-0.2, -0.15) is 0 Å². The highest BCUT2D eigenvalue weighted by Crippen LogP contribution is 2.29. The number of hydrogen-bond donors (Lipinski definition) is 0. The number of halogens is 1. The van der Waals surface area contributed by atoms with Crippen molar-refractivity contribution < 1.29 is 9.53 Å². The largest absolute Gasteiger partial charge is 0.457 e. The van der Waals surface area contributed by atoms with Crippen LogP contribution >= 0.6 is 11.6 Å². The molecule has 1 aliphatic rings. The highest BCUT2D eigenvalue weighted by Gasteiger charge is 2.25. The molecule has 3 rings (SSSR count). The standard InChI is InChI=1S/C22H24ClNO2/c1-2-13-24-14-12-20(18-8-10-19(23)11-9-18)21(15-24)22(25)26-16-17-6-4-3-5-7-17/h3-11H,2,12-16H2,1H3. The van der Waals surface area contributed by atoms with E-state index in [9.17, 15) is 4.79 Å². The van der Waals surface area contributed by atoms with Gasteiger partial charge in [0.25, 0.3) is 0 Å². The van der Waals surface area contributed by atoms with Gasteiger partial charge >= 0.3 is 5.97 Å². The van der Waals surface area contributed by atoms with Gasteiger partial charge in [-0.3, -0.25) is 4.90 Å². The van der Waals surface area contributed by atoms with Gasteiger partial charge in [0, 0.05) is 18.1 Å². The van der Waals surface area contributed by atoms with Crippen molar-refractivity contribution >= 4 is 23.1 Å². The molecule has 0 atom stereocenters. The third-order valence-corrected chi connectivity index (χ3v) is 4.87. The Morgan fingerprint density at radius 2 is 1.85 bits per heavy atom. The van der Waals surface area contributed by atoms with Crippen LogP contribution in [0.1, 0.15) is 30.9 Å². The van der Waals surface area contributed by atoms with Crippen LogP contribution in [0.5, 0.6) is 0 Å². The molecule has 0 saturated carbocycles. The lowest BCUT2D eigenvalue weighted by Gasteiger charge is -2.30. The second-order valence-corrected chi connectivity index (χ2v) is 6.99. The van der Waals surface area contributed by atoms with Gasteiger partial charge in [-0.15, -0.1) is 0 Å². The van der Waals surface area contributed by atoms with Crippen molar-refractivity contribution in [3.8, 4) is 0 Å². The van der Waals surface area contributed by atoms with Crippen LogP contribution in [-0.2, 0) is 16.1 Å². The van der Waals surface area contributed by atoms with E-state index in [1.807, 2.05) is 54.6 Å². The van der Waals surface area contributed by atoms with E-state index in [4.69, 9.17) is 16.3 Å². The zero-order chi connectivity index (χ0) is 18.4. The lowest BCUT2D eigenvalue weighted by molar-refractivity contribution is -0.140. The number of nitrogens with zero attached hydrogens (tertiary/aromatic N) is 1. The smallest absolute Gasteiger partial charge is 0.335 e. The molecule has 26 heavy (non-hydrogen) atoms. The first-order chi connectivity index (χ1) is 12.7. The van der Waals surface area contributed by atoms with Crippen LogP contribution in [0.15, 0.2) is 60.2 Å². The summed E-state index contributed by atoms with van der Waals surface area (Å²) >= 11 is 6.02. The molecule has 1 heterocycles. The fourth-order valence-corrected chi connectivity index (χ4v) is 3.42. The summed E-state index contributed by atoms with van der Waals surface area (Å²) in [7, 11) is 0. The number of ether oxygens (including phenoxy) is 1. The van der Waals surface area contributed by atoms with Crippen molar-refractivity contribution in [1.29, 1.82) is 0 Å². The van der Waals surface area contributed by atoms with Crippen LogP contribution in [0.3, 0.4) is 0 Å². The van der Waals surface area contributed by atoms with Crippen molar-refractivity contribution in [3.05, 3.63) is 76.3 Å². The maximum Gasteiger partial charge on any atom is 0.335 e. The predicted octanol–water partition coefficient (Wildman–Crippen LogP) is 4.95. The fraction of sp³-hybridized carbons (Fsp3) is 0.318. The number of benzene rings is 2. The summed E-state index contributed by atoms with van der Waals surface area (Å²) < 4.78 is 5.62. The van der Waals surface area contributed by atoms with Gasteiger partial charge in [0.05, 0.1) is 5.57 Å². The van der Waals surface area contributed by atoms with Gasteiger partial charge in [-0.05, 0) is 48.2 Å². The molecule has 0 unspecified atom stereocenters.